The molecule has 2 aliphatic carbocycles. The predicted octanol–water partition coefficient (Wildman–Crippen LogP) is 4.12. The van der Waals surface area contributed by atoms with E-state index in [0.717, 1.165) is 18.9 Å². The Morgan fingerprint density at radius 1 is 1.32 bits per heavy atom. The Balaban J connectivity index is 1.98. The summed E-state index contributed by atoms with van der Waals surface area (Å²) in [6, 6.07) is 2.91. The Bertz CT molecular complexity index is 372. The van der Waals surface area contributed by atoms with Crippen LogP contribution >= 0.6 is 0 Å². The fraction of sp³-hybridized carbons (Fsp3) is 0.941. The van der Waals surface area contributed by atoms with Crippen LogP contribution in [0.1, 0.15) is 66.7 Å². The Kier molecular flexibility index (Phi) is 3.73. The normalized spacial score (nSPS) is 36.4. The van der Waals surface area contributed by atoms with Crippen LogP contribution in [-0.2, 0) is 0 Å². The first-order valence-corrected chi connectivity index (χ1v) is 7.82. The summed E-state index contributed by atoms with van der Waals surface area (Å²) in [5, 5.41) is 12.6. The SMILES string of the molecule is CC(C)(CCC#N)CNC1C2(C)CCC(C2)C1(C)C. The molecule has 3 unspecified atom stereocenters. The number of hydrogen-bond acceptors (Lipinski definition) is 2. The highest BCUT2D eigenvalue weighted by molar-refractivity contribution is 5.12. The molecule has 0 radical (unpaired) electrons. The van der Waals surface area contributed by atoms with Crippen molar-refractivity contribution in [3.05, 3.63) is 0 Å². The van der Waals surface area contributed by atoms with Gasteiger partial charge < -0.3 is 5.32 Å². The molecule has 108 valence electrons. The molecule has 1 N–H and O–H groups in total. The second kappa shape index (κ2) is 4.77. The minimum Gasteiger partial charge on any atom is -0.312 e. The zero-order chi connectivity index (χ0) is 14.3. The van der Waals surface area contributed by atoms with E-state index in [9.17, 15) is 0 Å². The van der Waals surface area contributed by atoms with Gasteiger partial charge >= 0.3 is 0 Å². The molecule has 2 bridgehead atoms. The fourth-order valence-electron chi connectivity index (χ4n) is 4.67. The predicted molar refractivity (Wildman–Crippen MR) is 79.6 cm³/mol. The number of nitrogens with one attached hydrogen (secondary N) is 1. The van der Waals surface area contributed by atoms with Crippen molar-refractivity contribution in [3.63, 3.8) is 0 Å². The third kappa shape index (κ3) is 2.68. The van der Waals surface area contributed by atoms with E-state index >= 15 is 0 Å². The molecule has 0 spiro atoms. The molecule has 0 heterocycles. The molecule has 2 saturated carbocycles. The topological polar surface area (TPSA) is 35.8 Å². The lowest BCUT2D eigenvalue weighted by atomic mass is 9.68. The number of hydrogen-bond donors (Lipinski definition) is 1. The van der Waals surface area contributed by atoms with Gasteiger partial charge in [0, 0.05) is 19.0 Å². The highest BCUT2D eigenvalue weighted by Crippen LogP contribution is 2.62. The van der Waals surface area contributed by atoms with E-state index in [4.69, 9.17) is 5.26 Å². The average Bonchev–Trinajstić information content (AvgIpc) is 2.77. The van der Waals surface area contributed by atoms with Crippen LogP contribution in [0.25, 0.3) is 0 Å². The third-order valence-corrected chi connectivity index (χ3v) is 5.97. The molecule has 0 amide bonds. The van der Waals surface area contributed by atoms with Crippen molar-refractivity contribution in [2.45, 2.75) is 72.8 Å². The van der Waals surface area contributed by atoms with Crippen LogP contribution in [0.5, 0.6) is 0 Å². The van der Waals surface area contributed by atoms with Crippen LogP contribution in [0.4, 0.5) is 0 Å². The minimum absolute atomic E-state index is 0.226. The van der Waals surface area contributed by atoms with E-state index in [2.05, 4.69) is 46.0 Å². The van der Waals surface area contributed by atoms with E-state index in [1.165, 1.54) is 19.3 Å². The summed E-state index contributed by atoms with van der Waals surface area (Å²) >= 11 is 0. The number of nitrogens with zero attached hydrogens (tertiary/aromatic N) is 1. The number of fused-ring (bicyclic) bond motifs is 2. The maximum absolute atomic E-state index is 8.75. The van der Waals surface area contributed by atoms with Gasteiger partial charge in [0.25, 0.3) is 0 Å². The number of rotatable bonds is 5. The first-order chi connectivity index (χ1) is 8.71. The van der Waals surface area contributed by atoms with Crippen molar-refractivity contribution < 1.29 is 0 Å². The van der Waals surface area contributed by atoms with Crippen LogP contribution in [0.2, 0.25) is 0 Å². The Morgan fingerprint density at radius 2 is 2.00 bits per heavy atom. The average molecular weight is 262 g/mol. The summed E-state index contributed by atoms with van der Waals surface area (Å²) in [4.78, 5) is 0. The van der Waals surface area contributed by atoms with Gasteiger partial charge in [0.2, 0.25) is 0 Å². The van der Waals surface area contributed by atoms with Crippen molar-refractivity contribution in [1.82, 2.24) is 5.32 Å². The molecule has 2 aliphatic rings. The Hall–Kier alpha value is -0.550. The summed E-state index contributed by atoms with van der Waals surface area (Å²) in [5.74, 6) is 0.900. The molecule has 0 saturated heterocycles. The molecule has 2 fully saturated rings. The summed E-state index contributed by atoms with van der Waals surface area (Å²) in [7, 11) is 0. The molecule has 2 nitrogen and oxygen atoms in total. The molecule has 0 aromatic carbocycles. The molecule has 0 aromatic rings. The molecule has 3 atom stereocenters. The van der Waals surface area contributed by atoms with Gasteiger partial charge in [-0.15, -0.1) is 0 Å². The lowest BCUT2D eigenvalue weighted by molar-refractivity contribution is 0.0976. The zero-order valence-corrected chi connectivity index (χ0v) is 13.3. The molecular weight excluding hydrogens is 232 g/mol. The van der Waals surface area contributed by atoms with Crippen LogP contribution in [0, 0.1) is 33.5 Å². The number of nitriles is 1. The zero-order valence-electron chi connectivity index (χ0n) is 13.3. The van der Waals surface area contributed by atoms with Gasteiger partial charge in [0.1, 0.15) is 0 Å². The van der Waals surface area contributed by atoms with Gasteiger partial charge in [-0.05, 0) is 47.8 Å². The first kappa shape index (κ1) is 14.9. The van der Waals surface area contributed by atoms with Crippen LogP contribution in [0.3, 0.4) is 0 Å². The van der Waals surface area contributed by atoms with Crippen LogP contribution < -0.4 is 5.32 Å². The summed E-state index contributed by atoms with van der Waals surface area (Å²) in [5.41, 5.74) is 1.15. The third-order valence-electron chi connectivity index (χ3n) is 5.97. The monoisotopic (exact) mass is 262 g/mol. The van der Waals surface area contributed by atoms with Crippen molar-refractivity contribution in [1.29, 1.82) is 5.26 Å². The van der Waals surface area contributed by atoms with Crippen LogP contribution in [0.15, 0.2) is 0 Å². The lowest BCUT2D eigenvalue weighted by Crippen LogP contribution is -2.52. The highest BCUT2D eigenvalue weighted by Gasteiger charge is 2.59. The van der Waals surface area contributed by atoms with Gasteiger partial charge in [0.15, 0.2) is 0 Å². The summed E-state index contributed by atoms with van der Waals surface area (Å²) in [6.07, 6.45) is 5.86. The van der Waals surface area contributed by atoms with E-state index in [0.29, 0.717) is 23.3 Å². The second-order valence-corrected chi connectivity index (χ2v) is 8.55. The molecule has 2 rings (SSSR count). The standard InChI is InChI=1S/C17H30N2/c1-15(2,8-6-10-18)12-19-14-16(3,4)13-7-9-17(14,5)11-13/h13-14,19H,6-9,11-12H2,1-5H3. The van der Waals surface area contributed by atoms with Crippen molar-refractivity contribution in [3.8, 4) is 6.07 Å². The largest absolute Gasteiger partial charge is 0.312 e. The van der Waals surface area contributed by atoms with Gasteiger partial charge in [-0.1, -0.05) is 34.6 Å². The molecular formula is C17H30N2. The Labute approximate surface area is 119 Å². The van der Waals surface area contributed by atoms with Gasteiger partial charge in [-0.2, -0.15) is 5.26 Å². The van der Waals surface area contributed by atoms with E-state index in [-0.39, 0.29) is 5.41 Å². The van der Waals surface area contributed by atoms with E-state index in [1.807, 2.05) is 0 Å². The van der Waals surface area contributed by atoms with Crippen molar-refractivity contribution in [2.24, 2.45) is 22.2 Å². The quantitative estimate of drug-likeness (QED) is 0.809. The smallest absolute Gasteiger partial charge is 0.0621 e. The fourth-order valence-corrected chi connectivity index (χ4v) is 4.67. The van der Waals surface area contributed by atoms with Crippen LogP contribution in [-0.4, -0.2) is 12.6 Å². The van der Waals surface area contributed by atoms with E-state index in [1.54, 1.807) is 0 Å². The van der Waals surface area contributed by atoms with Crippen molar-refractivity contribution >= 4 is 0 Å². The molecule has 2 heteroatoms. The minimum atomic E-state index is 0.226. The Morgan fingerprint density at radius 3 is 2.53 bits per heavy atom. The first-order valence-electron chi connectivity index (χ1n) is 7.82. The summed E-state index contributed by atoms with van der Waals surface area (Å²) in [6.45, 7) is 13.0. The maximum Gasteiger partial charge on any atom is 0.0621 e. The summed E-state index contributed by atoms with van der Waals surface area (Å²) < 4.78 is 0. The van der Waals surface area contributed by atoms with Gasteiger partial charge in [-0.25, -0.2) is 0 Å². The highest BCUT2D eigenvalue weighted by atomic mass is 15.0. The maximum atomic E-state index is 8.75. The van der Waals surface area contributed by atoms with Gasteiger partial charge in [0.05, 0.1) is 6.07 Å². The van der Waals surface area contributed by atoms with Crippen molar-refractivity contribution in [2.75, 3.05) is 6.54 Å². The molecule has 0 aliphatic heterocycles. The lowest BCUT2D eigenvalue weighted by Gasteiger charge is -2.44. The van der Waals surface area contributed by atoms with E-state index < -0.39 is 0 Å². The van der Waals surface area contributed by atoms with Gasteiger partial charge in [-0.3, -0.25) is 0 Å². The molecule has 19 heavy (non-hydrogen) atoms. The molecule has 0 aromatic heterocycles. The second-order valence-electron chi connectivity index (χ2n) is 8.55.